The Balaban J connectivity index is 2.10. The molecule has 140 valence electrons. The fourth-order valence-corrected chi connectivity index (χ4v) is 2.74. The summed E-state index contributed by atoms with van der Waals surface area (Å²) >= 11 is 0. The molecule has 0 radical (unpaired) electrons. The molecule has 1 aromatic rings. The first-order valence-corrected chi connectivity index (χ1v) is 8.73. The lowest BCUT2D eigenvalue weighted by Crippen LogP contribution is -2.45. The Morgan fingerprint density at radius 3 is 2.40 bits per heavy atom. The smallest absolute Gasteiger partial charge is 0.410 e. The fraction of sp³-hybridized carbons (Fsp3) is 0.722. The van der Waals surface area contributed by atoms with Crippen molar-refractivity contribution in [3.8, 4) is 0 Å². The van der Waals surface area contributed by atoms with Crippen molar-refractivity contribution >= 4 is 17.8 Å². The number of nitrogens with one attached hydrogen (secondary N) is 1. The average Bonchev–Trinajstić information content (AvgIpc) is 3.03. The van der Waals surface area contributed by atoms with Crippen molar-refractivity contribution < 1.29 is 14.3 Å². The minimum atomic E-state index is -0.579. The summed E-state index contributed by atoms with van der Waals surface area (Å²) in [5, 5.41) is 7.37. The van der Waals surface area contributed by atoms with Gasteiger partial charge in [0.1, 0.15) is 17.5 Å². The molecule has 2 heterocycles. The van der Waals surface area contributed by atoms with E-state index in [0.717, 1.165) is 12.1 Å². The van der Waals surface area contributed by atoms with Crippen LogP contribution in [0.5, 0.6) is 0 Å². The zero-order valence-electron chi connectivity index (χ0n) is 16.3. The number of hydrogen-bond donors (Lipinski definition) is 1. The molecule has 0 spiro atoms. The van der Waals surface area contributed by atoms with Crippen molar-refractivity contribution in [3.05, 3.63) is 11.8 Å². The number of aryl methyl sites for hydroxylation is 1. The van der Waals surface area contributed by atoms with E-state index in [-0.39, 0.29) is 11.3 Å². The van der Waals surface area contributed by atoms with E-state index in [4.69, 9.17) is 4.74 Å². The van der Waals surface area contributed by atoms with Gasteiger partial charge >= 0.3 is 6.09 Å². The van der Waals surface area contributed by atoms with E-state index in [0.29, 0.717) is 18.8 Å². The summed E-state index contributed by atoms with van der Waals surface area (Å²) in [6, 6.07) is 1.37. The Hall–Kier alpha value is -2.05. The van der Waals surface area contributed by atoms with E-state index in [9.17, 15) is 9.59 Å². The maximum atomic E-state index is 12.7. The number of carbonyl (C=O) groups excluding carboxylic acids is 2. The second-order valence-electron chi connectivity index (χ2n) is 8.61. The Labute approximate surface area is 149 Å². The van der Waals surface area contributed by atoms with E-state index in [1.807, 2.05) is 26.8 Å². The predicted octanol–water partition coefficient (Wildman–Crippen LogP) is 3.06. The molecule has 2 amide bonds. The molecule has 1 aliphatic heterocycles. The van der Waals surface area contributed by atoms with Crippen molar-refractivity contribution in [2.45, 2.75) is 71.4 Å². The fourth-order valence-electron chi connectivity index (χ4n) is 2.74. The Bertz CT molecular complexity index is 652. The molecule has 0 saturated carbocycles. The van der Waals surface area contributed by atoms with Crippen molar-refractivity contribution in [1.82, 2.24) is 14.7 Å². The first kappa shape index (κ1) is 19.3. The Kier molecular flexibility index (Phi) is 5.16. The van der Waals surface area contributed by atoms with Gasteiger partial charge in [-0.15, -0.1) is 0 Å². The third-order valence-electron chi connectivity index (χ3n) is 4.08. The molecule has 1 fully saturated rings. The van der Waals surface area contributed by atoms with Gasteiger partial charge in [0.2, 0.25) is 5.91 Å². The molecule has 1 N–H and O–H groups in total. The standard InChI is InChI=1S/C18H30N4O3/c1-17(2,3)13-11-14(21(7)20-13)19-15(23)12-9-8-10-22(12)16(24)25-18(4,5)6/h11-12H,8-10H2,1-7H3,(H,19,23)/t12-/m0/s1. The first-order chi connectivity index (χ1) is 11.4. The van der Waals surface area contributed by atoms with Gasteiger partial charge in [0.15, 0.2) is 0 Å². The third-order valence-corrected chi connectivity index (χ3v) is 4.08. The first-order valence-electron chi connectivity index (χ1n) is 8.73. The molecule has 0 aromatic carbocycles. The number of carbonyl (C=O) groups is 2. The zero-order valence-corrected chi connectivity index (χ0v) is 16.3. The van der Waals surface area contributed by atoms with Gasteiger partial charge in [0, 0.05) is 25.1 Å². The molecule has 7 nitrogen and oxygen atoms in total. The Morgan fingerprint density at radius 1 is 1.24 bits per heavy atom. The highest BCUT2D eigenvalue weighted by atomic mass is 16.6. The molecule has 1 saturated heterocycles. The maximum Gasteiger partial charge on any atom is 0.410 e. The van der Waals surface area contributed by atoms with Crippen LogP contribution in [0.2, 0.25) is 0 Å². The number of nitrogens with zero attached hydrogens (tertiary/aromatic N) is 3. The molecule has 0 aliphatic carbocycles. The van der Waals surface area contributed by atoms with Crippen molar-refractivity contribution in [3.63, 3.8) is 0 Å². The van der Waals surface area contributed by atoms with Crippen LogP contribution < -0.4 is 5.32 Å². The highest BCUT2D eigenvalue weighted by Gasteiger charge is 2.37. The van der Waals surface area contributed by atoms with Crippen LogP contribution >= 0.6 is 0 Å². The number of ether oxygens (including phenoxy) is 1. The van der Waals surface area contributed by atoms with E-state index in [1.54, 1.807) is 11.7 Å². The highest BCUT2D eigenvalue weighted by Crippen LogP contribution is 2.25. The summed E-state index contributed by atoms with van der Waals surface area (Å²) in [6.45, 7) is 12.2. The lowest BCUT2D eigenvalue weighted by atomic mass is 9.92. The van der Waals surface area contributed by atoms with Gasteiger partial charge in [-0.05, 0) is 33.6 Å². The van der Waals surface area contributed by atoms with Gasteiger partial charge < -0.3 is 10.1 Å². The maximum absolute atomic E-state index is 12.7. The highest BCUT2D eigenvalue weighted by molar-refractivity contribution is 5.96. The summed E-state index contributed by atoms with van der Waals surface area (Å²) in [5.41, 5.74) is 0.224. The molecule has 0 unspecified atom stereocenters. The largest absolute Gasteiger partial charge is 0.444 e. The minimum Gasteiger partial charge on any atom is -0.444 e. The van der Waals surface area contributed by atoms with Crippen LogP contribution in [-0.4, -0.2) is 44.9 Å². The van der Waals surface area contributed by atoms with Crippen LogP contribution in [0.1, 0.15) is 60.1 Å². The van der Waals surface area contributed by atoms with Gasteiger partial charge in [-0.3, -0.25) is 14.4 Å². The molecule has 0 bridgehead atoms. The summed E-state index contributed by atoms with van der Waals surface area (Å²) in [5.74, 6) is 0.429. The molecular formula is C18H30N4O3. The van der Waals surface area contributed by atoms with Crippen LogP contribution in [0.3, 0.4) is 0 Å². The lowest BCUT2D eigenvalue weighted by molar-refractivity contribution is -0.120. The van der Waals surface area contributed by atoms with Gasteiger partial charge in [0.25, 0.3) is 0 Å². The second kappa shape index (κ2) is 6.69. The number of likely N-dealkylation sites (tertiary alicyclic amines) is 1. The summed E-state index contributed by atoms with van der Waals surface area (Å²) in [4.78, 5) is 26.6. The van der Waals surface area contributed by atoms with Crippen LogP contribution in [0.25, 0.3) is 0 Å². The molecule has 2 rings (SSSR count). The normalized spacial score (nSPS) is 18.4. The van der Waals surface area contributed by atoms with Crippen LogP contribution in [-0.2, 0) is 22.0 Å². The zero-order chi connectivity index (χ0) is 19.0. The van der Waals surface area contributed by atoms with Gasteiger partial charge in [-0.25, -0.2) is 4.79 Å². The molecule has 1 aromatic heterocycles. The van der Waals surface area contributed by atoms with Gasteiger partial charge in [0.05, 0.1) is 5.69 Å². The van der Waals surface area contributed by atoms with Crippen molar-refractivity contribution in [1.29, 1.82) is 0 Å². The summed E-state index contributed by atoms with van der Waals surface area (Å²) in [7, 11) is 1.80. The van der Waals surface area contributed by atoms with E-state index >= 15 is 0 Å². The Morgan fingerprint density at radius 2 is 1.88 bits per heavy atom. The quantitative estimate of drug-likeness (QED) is 0.889. The number of hydrogen-bond acceptors (Lipinski definition) is 4. The lowest BCUT2D eigenvalue weighted by Gasteiger charge is -2.28. The number of rotatable bonds is 2. The summed E-state index contributed by atoms with van der Waals surface area (Å²) < 4.78 is 7.07. The minimum absolute atomic E-state index is 0.101. The molecule has 1 atom stereocenters. The average molecular weight is 350 g/mol. The number of aromatic nitrogens is 2. The molecule has 25 heavy (non-hydrogen) atoms. The van der Waals surface area contributed by atoms with Crippen molar-refractivity contribution in [2.75, 3.05) is 11.9 Å². The van der Waals surface area contributed by atoms with Gasteiger partial charge in [-0.1, -0.05) is 20.8 Å². The predicted molar refractivity (Wildman–Crippen MR) is 96.5 cm³/mol. The van der Waals surface area contributed by atoms with E-state index in [1.165, 1.54) is 4.90 Å². The molecule has 1 aliphatic rings. The van der Waals surface area contributed by atoms with Crippen LogP contribution in [0.15, 0.2) is 6.07 Å². The monoisotopic (exact) mass is 350 g/mol. The molecular weight excluding hydrogens is 320 g/mol. The van der Waals surface area contributed by atoms with Crippen LogP contribution in [0.4, 0.5) is 10.6 Å². The number of anilines is 1. The van der Waals surface area contributed by atoms with E-state index < -0.39 is 17.7 Å². The second-order valence-corrected chi connectivity index (χ2v) is 8.61. The number of amides is 2. The van der Waals surface area contributed by atoms with Crippen molar-refractivity contribution in [2.24, 2.45) is 7.05 Å². The van der Waals surface area contributed by atoms with Gasteiger partial charge in [-0.2, -0.15) is 5.10 Å². The van der Waals surface area contributed by atoms with Crippen LogP contribution in [0, 0.1) is 0 Å². The summed E-state index contributed by atoms with van der Waals surface area (Å²) in [6.07, 6.45) is 0.982. The SMILES string of the molecule is Cn1nc(C(C)(C)C)cc1NC(=O)[C@@H]1CCCN1C(=O)OC(C)(C)C. The topological polar surface area (TPSA) is 76.5 Å². The third kappa shape index (κ3) is 4.74. The molecule has 7 heteroatoms. The van der Waals surface area contributed by atoms with E-state index in [2.05, 4.69) is 31.2 Å².